The third kappa shape index (κ3) is 2.36. The first-order valence-corrected chi connectivity index (χ1v) is 6.02. The van der Waals surface area contributed by atoms with E-state index in [0.717, 1.165) is 5.39 Å². The number of aromatic nitrogens is 2. The molecular formula is C11H14N4OS. The monoisotopic (exact) mass is 250 g/mol. The van der Waals surface area contributed by atoms with E-state index < -0.39 is 0 Å². The van der Waals surface area contributed by atoms with Gasteiger partial charge in [0.05, 0.1) is 11.9 Å². The summed E-state index contributed by atoms with van der Waals surface area (Å²) in [6.07, 6.45) is 1.57. The fourth-order valence-corrected chi connectivity index (χ4v) is 2.37. The summed E-state index contributed by atoms with van der Waals surface area (Å²) in [7, 11) is 0. The van der Waals surface area contributed by atoms with Crippen LogP contribution in [0.5, 0.6) is 0 Å². The maximum atomic E-state index is 12.0. The topological polar surface area (TPSA) is 80.9 Å². The predicted molar refractivity (Wildman–Crippen MR) is 69.0 cm³/mol. The molecule has 0 fully saturated rings. The Hall–Kier alpha value is -1.69. The van der Waals surface area contributed by atoms with Gasteiger partial charge in [-0.3, -0.25) is 4.79 Å². The van der Waals surface area contributed by atoms with Crippen molar-refractivity contribution in [3.05, 3.63) is 17.1 Å². The van der Waals surface area contributed by atoms with Gasteiger partial charge >= 0.3 is 0 Å². The molecular weight excluding hydrogens is 236 g/mol. The molecule has 0 aliphatic carbocycles. The Kier molecular flexibility index (Phi) is 2.74. The Morgan fingerprint density at radius 3 is 2.76 bits per heavy atom. The molecule has 2 aromatic heterocycles. The van der Waals surface area contributed by atoms with Gasteiger partial charge in [-0.1, -0.05) is 0 Å². The normalized spacial score (nSPS) is 11.7. The van der Waals surface area contributed by atoms with Gasteiger partial charge in [-0.2, -0.15) is 5.10 Å². The quantitative estimate of drug-likeness (QED) is 0.808. The van der Waals surface area contributed by atoms with Crippen molar-refractivity contribution in [1.82, 2.24) is 15.5 Å². The summed E-state index contributed by atoms with van der Waals surface area (Å²) in [5, 5.41) is 11.4. The SMILES string of the molecule is CC(C)(C)NC(=O)c1sc2nnccc2c1N. The van der Waals surface area contributed by atoms with E-state index in [2.05, 4.69) is 15.5 Å². The number of anilines is 1. The van der Waals surface area contributed by atoms with Gasteiger partial charge in [0, 0.05) is 10.9 Å². The smallest absolute Gasteiger partial charge is 0.263 e. The fraction of sp³-hybridized carbons (Fsp3) is 0.364. The third-order valence-corrected chi connectivity index (χ3v) is 3.22. The van der Waals surface area contributed by atoms with E-state index in [4.69, 9.17) is 5.73 Å². The Bertz CT molecular complexity index is 570. The molecule has 1 amide bonds. The predicted octanol–water partition coefficient (Wildman–Crippen LogP) is 1.80. The first-order valence-electron chi connectivity index (χ1n) is 5.20. The maximum Gasteiger partial charge on any atom is 0.263 e. The Balaban J connectivity index is 2.43. The molecule has 6 heteroatoms. The highest BCUT2D eigenvalue weighted by Crippen LogP contribution is 2.31. The summed E-state index contributed by atoms with van der Waals surface area (Å²) >= 11 is 1.26. The van der Waals surface area contributed by atoms with Crippen molar-refractivity contribution in [1.29, 1.82) is 0 Å². The van der Waals surface area contributed by atoms with Crippen LogP contribution in [0.3, 0.4) is 0 Å². The number of rotatable bonds is 1. The van der Waals surface area contributed by atoms with Gasteiger partial charge < -0.3 is 11.1 Å². The molecule has 0 aromatic carbocycles. The molecule has 17 heavy (non-hydrogen) atoms. The summed E-state index contributed by atoms with van der Waals surface area (Å²) in [4.78, 5) is 13.2. The number of amides is 1. The van der Waals surface area contributed by atoms with Crippen molar-refractivity contribution in [2.24, 2.45) is 0 Å². The fourth-order valence-electron chi connectivity index (χ4n) is 1.44. The third-order valence-electron chi connectivity index (χ3n) is 2.12. The molecule has 0 spiro atoms. The van der Waals surface area contributed by atoms with Crippen molar-refractivity contribution in [3.63, 3.8) is 0 Å². The van der Waals surface area contributed by atoms with E-state index in [9.17, 15) is 4.79 Å². The summed E-state index contributed by atoms with van der Waals surface area (Å²) in [5.41, 5.74) is 6.13. The number of carbonyl (C=O) groups excluding carboxylic acids is 1. The summed E-state index contributed by atoms with van der Waals surface area (Å²) in [6.45, 7) is 5.77. The molecule has 3 N–H and O–H groups in total. The van der Waals surface area contributed by atoms with Gasteiger partial charge in [0.15, 0.2) is 0 Å². The number of nitrogens with zero attached hydrogens (tertiary/aromatic N) is 2. The summed E-state index contributed by atoms with van der Waals surface area (Å²) in [5.74, 6) is -0.169. The van der Waals surface area contributed by atoms with Crippen LogP contribution in [0, 0.1) is 0 Å². The van der Waals surface area contributed by atoms with E-state index in [0.29, 0.717) is 15.4 Å². The lowest BCUT2D eigenvalue weighted by Gasteiger charge is -2.19. The number of nitrogen functional groups attached to an aromatic ring is 1. The molecule has 0 aliphatic heterocycles. The standard InChI is InChI=1S/C11H14N4OS/c1-11(2,3)14-9(16)8-7(12)6-4-5-13-15-10(6)17-8/h4-5H,12H2,1-3H3,(H,14,16). The minimum Gasteiger partial charge on any atom is -0.397 e. The van der Waals surface area contributed by atoms with Crippen LogP contribution in [0.1, 0.15) is 30.4 Å². The highest BCUT2D eigenvalue weighted by molar-refractivity contribution is 7.21. The zero-order valence-corrected chi connectivity index (χ0v) is 10.8. The van der Waals surface area contributed by atoms with Crippen LogP contribution in [0.15, 0.2) is 12.3 Å². The summed E-state index contributed by atoms with van der Waals surface area (Å²) in [6, 6.07) is 1.77. The molecule has 2 rings (SSSR count). The molecule has 2 aromatic rings. The van der Waals surface area contributed by atoms with E-state index in [1.807, 2.05) is 20.8 Å². The van der Waals surface area contributed by atoms with Crippen LogP contribution in [0.25, 0.3) is 10.2 Å². The van der Waals surface area contributed by atoms with Crippen molar-refractivity contribution in [2.75, 3.05) is 5.73 Å². The number of carbonyl (C=O) groups is 1. The largest absolute Gasteiger partial charge is 0.397 e. The van der Waals surface area contributed by atoms with Crippen LogP contribution in [0.4, 0.5) is 5.69 Å². The Morgan fingerprint density at radius 2 is 2.18 bits per heavy atom. The molecule has 0 atom stereocenters. The summed E-state index contributed by atoms with van der Waals surface area (Å²) < 4.78 is 0. The minimum atomic E-state index is -0.286. The lowest BCUT2D eigenvalue weighted by molar-refractivity contribution is 0.0924. The van der Waals surface area contributed by atoms with Crippen molar-refractivity contribution in [2.45, 2.75) is 26.3 Å². The van der Waals surface area contributed by atoms with Gasteiger partial charge in [-0.25, -0.2) is 0 Å². The minimum absolute atomic E-state index is 0.169. The van der Waals surface area contributed by atoms with Crippen molar-refractivity contribution < 1.29 is 4.79 Å². The van der Waals surface area contributed by atoms with Gasteiger partial charge in [-0.15, -0.1) is 16.4 Å². The number of hydrogen-bond acceptors (Lipinski definition) is 5. The van der Waals surface area contributed by atoms with E-state index >= 15 is 0 Å². The molecule has 0 saturated heterocycles. The maximum absolute atomic E-state index is 12.0. The molecule has 0 radical (unpaired) electrons. The van der Waals surface area contributed by atoms with Gasteiger partial charge in [0.25, 0.3) is 5.91 Å². The van der Waals surface area contributed by atoms with Crippen LogP contribution in [0.2, 0.25) is 0 Å². The molecule has 0 aliphatic rings. The van der Waals surface area contributed by atoms with Crippen LogP contribution < -0.4 is 11.1 Å². The highest BCUT2D eigenvalue weighted by atomic mass is 32.1. The zero-order valence-electron chi connectivity index (χ0n) is 9.94. The first kappa shape index (κ1) is 11.8. The van der Waals surface area contributed by atoms with E-state index in [1.54, 1.807) is 12.3 Å². The molecule has 0 saturated carbocycles. The lowest BCUT2D eigenvalue weighted by Crippen LogP contribution is -2.40. The number of thiophene rings is 1. The lowest BCUT2D eigenvalue weighted by atomic mass is 10.1. The number of hydrogen-bond donors (Lipinski definition) is 2. The zero-order chi connectivity index (χ0) is 12.6. The first-order chi connectivity index (χ1) is 7.88. The van der Waals surface area contributed by atoms with Crippen LogP contribution >= 0.6 is 11.3 Å². The molecule has 0 unspecified atom stereocenters. The number of nitrogens with one attached hydrogen (secondary N) is 1. The van der Waals surface area contributed by atoms with E-state index in [1.165, 1.54) is 11.3 Å². The average molecular weight is 250 g/mol. The number of nitrogens with two attached hydrogens (primary N) is 1. The molecule has 0 bridgehead atoms. The van der Waals surface area contributed by atoms with E-state index in [-0.39, 0.29) is 11.4 Å². The van der Waals surface area contributed by atoms with Crippen molar-refractivity contribution in [3.8, 4) is 0 Å². The molecule has 2 heterocycles. The highest BCUT2D eigenvalue weighted by Gasteiger charge is 2.21. The van der Waals surface area contributed by atoms with Crippen LogP contribution in [-0.4, -0.2) is 21.6 Å². The van der Waals surface area contributed by atoms with Gasteiger partial charge in [0.2, 0.25) is 0 Å². The second kappa shape index (κ2) is 3.96. The number of fused-ring (bicyclic) bond motifs is 1. The molecule has 5 nitrogen and oxygen atoms in total. The average Bonchev–Trinajstić information content (AvgIpc) is 2.55. The Labute approximate surface area is 103 Å². The second-order valence-electron chi connectivity index (χ2n) is 4.80. The van der Waals surface area contributed by atoms with Gasteiger partial charge in [-0.05, 0) is 26.8 Å². The van der Waals surface area contributed by atoms with Crippen LogP contribution in [-0.2, 0) is 0 Å². The Morgan fingerprint density at radius 1 is 1.47 bits per heavy atom. The van der Waals surface area contributed by atoms with Crippen molar-refractivity contribution >= 4 is 33.1 Å². The molecule has 90 valence electrons. The van der Waals surface area contributed by atoms with Gasteiger partial charge in [0.1, 0.15) is 9.71 Å². The second-order valence-corrected chi connectivity index (χ2v) is 5.80.